The van der Waals surface area contributed by atoms with Gasteiger partial charge in [-0.3, -0.25) is 4.79 Å². The number of nitrogens with one attached hydrogen (secondary N) is 1. The summed E-state index contributed by atoms with van der Waals surface area (Å²) in [5.41, 5.74) is 0.350. The molecule has 2 aromatic rings. The smallest absolute Gasteiger partial charge is 0.226 e. The minimum atomic E-state index is -3.37. The van der Waals surface area contributed by atoms with Crippen LogP contribution in [0.4, 0.5) is 13.2 Å². The van der Waals surface area contributed by atoms with Gasteiger partial charge >= 0.3 is 0 Å². The van der Waals surface area contributed by atoms with Gasteiger partial charge in [0.2, 0.25) is 15.9 Å². The first kappa shape index (κ1) is 21.8. The quantitative estimate of drug-likeness (QED) is 0.756. The van der Waals surface area contributed by atoms with E-state index in [1.54, 1.807) is 4.90 Å². The molecular formula is C22H23F3N2O3S. The molecule has 0 spiro atoms. The molecule has 5 nitrogen and oxygen atoms in total. The fourth-order valence-electron chi connectivity index (χ4n) is 4.45. The van der Waals surface area contributed by atoms with Gasteiger partial charge in [0.05, 0.1) is 11.8 Å². The van der Waals surface area contributed by atoms with Crippen molar-refractivity contribution in [2.24, 2.45) is 5.92 Å². The van der Waals surface area contributed by atoms with Crippen molar-refractivity contribution in [2.75, 3.05) is 19.3 Å². The maximum atomic E-state index is 14.4. The molecule has 2 fully saturated rings. The maximum Gasteiger partial charge on any atom is 0.226 e. The Balaban J connectivity index is 1.55. The average Bonchev–Trinajstić information content (AvgIpc) is 3.47. The van der Waals surface area contributed by atoms with Crippen LogP contribution < -0.4 is 4.72 Å². The standard InChI is InChI=1S/C22H23F3N2O3S/c1-31(29,30)26-14-4-3-9-27(12-14)22(28)18-11-16(18)15-8-7-13(23)10-17(15)21-19(24)5-2-6-20(21)25/h2,5-8,10,14,16,18,26H,3-4,9,11-12H2,1H3/t14-,16+,18-/m1/s1. The van der Waals surface area contributed by atoms with E-state index in [1.165, 1.54) is 18.2 Å². The van der Waals surface area contributed by atoms with E-state index in [9.17, 15) is 26.4 Å². The highest BCUT2D eigenvalue weighted by molar-refractivity contribution is 7.88. The van der Waals surface area contributed by atoms with Gasteiger partial charge in [-0.2, -0.15) is 0 Å². The molecule has 0 radical (unpaired) electrons. The lowest BCUT2D eigenvalue weighted by atomic mass is 9.94. The summed E-state index contributed by atoms with van der Waals surface area (Å²) in [6.45, 7) is 0.815. The van der Waals surface area contributed by atoms with Crippen molar-refractivity contribution in [1.82, 2.24) is 9.62 Å². The highest BCUT2D eigenvalue weighted by Crippen LogP contribution is 2.52. The lowest BCUT2D eigenvalue weighted by Gasteiger charge is -2.33. The number of sulfonamides is 1. The number of amides is 1. The highest BCUT2D eigenvalue weighted by atomic mass is 32.2. The lowest BCUT2D eigenvalue weighted by Crippen LogP contribution is -2.49. The van der Waals surface area contributed by atoms with E-state index >= 15 is 0 Å². The lowest BCUT2D eigenvalue weighted by molar-refractivity contribution is -0.133. The van der Waals surface area contributed by atoms with Gasteiger partial charge in [-0.1, -0.05) is 12.1 Å². The van der Waals surface area contributed by atoms with Crippen molar-refractivity contribution >= 4 is 15.9 Å². The van der Waals surface area contributed by atoms with Crippen LogP contribution in [0.5, 0.6) is 0 Å². The predicted molar refractivity (Wildman–Crippen MR) is 110 cm³/mol. The van der Waals surface area contributed by atoms with E-state index in [0.29, 0.717) is 31.4 Å². The van der Waals surface area contributed by atoms with Crippen LogP contribution in [0.3, 0.4) is 0 Å². The monoisotopic (exact) mass is 452 g/mol. The SMILES string of the molecule is CS(=O)(=O)N[C@@H]1CCCN(C(=O)[C@@H]2C[C@H]2c2ccc(F)cc2-c2c(F)cccc2F)C1. The van der Waals surface area contributed by atoms with Gasteiger partial charge in [0.25, 0.3) is 0 Å². The molecule has 3 atom stereocenters. The molecule has 0 bridgehead atoms. The van der Waals surface area contributed by atoms with Crippen LogP contribution in [0.15, 0.2) is 36.4 Å². The number of piperidine rings is 1. The Hall–Kier alpha value is -2.39. The Morgan fingerprint density at radius 1 is 1.13 bits per heavy atom. The van der Waals surface area contributed by atoms with E-state index in [-0.39, 0.29) is 41.5 Å². The molecule has 0 unspecified atom stereocenters. The van der Waals surface area contributed by atoms with E-state index in [2.05, 4.69) is 4.72 Å². The molecule has 1 aliphatic carbocycles. The fourth-order valence-corrected chi connectivity index (χ4v) is 5.24. The van der Waals surface area contributed by atoms with Gasteiger partial charge < -0.3 is 4.90 Å². The van der Waals surface area contributed by atoms with Gasteiger partial charge in [0, 0.05) is 25.0 Å². The molecule has 1 heterocycles. The Morgan fingerprint density at radius 2 is 1.84 bits per heavy atom. The first-order valence-corrected chi connectivity index (χ1v) is 12.0. The van der Waals surface area contributed by atoms with Crippen LogP contribution in [0.2, 0.25) is 0 Å². The van der Waals surface area contributed by atoms with Crippen LogP contribution in [-0.2, 0) is 14.8 Å². The molecule has 166 valence electrons. The van der Waals surface area contributed by atoms with E-state index in [1.807, 2.05) is 0 Å². The molecule has 1 saturated carbocycles. The van der Waals surface area contributed by atoms with Gasteiger partial charge in [0.15, 0.2) is 0 Å². The second-order valence-corrected chi connectivity index (χ2v) is 10.1. The number of carbonyl (C=O) groups is 1. The molecule has 1 aliphatic heterocycles. The second-order valence-electron chi connectivity index (χ2n) is 8.29. The minimum absolute atomic E-state index is 0.116. The predicted octanol–water partition coefficient (Wildman–Crippen LogP) is 3.41. The van der Waals surface area contributed by atoms with Crippen molar-refractivity contribution in [3.8, 4) is 11.1 Å². The molecular weight excluding hydrogens is 429 g/mol. The third kappa shape index (κ3) is 4.77. The van der Waals surface area contributed by atoms with Gasteiger partial charge in [-0.05, 0) is 60.6 Å². The van der Waals surface area contributed by atoms with E-state index < -0.39 is 27.5 Å². The number of halogens is 3. The van der Waals surface area contributed by atoms with Crippen LogP contribution >= 0.6 is 0 Å². The number of nitrogens with zero attached hydrogens (tertiary/aromatic N) is 1. The Bertz CT molecular complexity index is 1100. The van der Waals surface area contributed by atoms with Crippen LogP contribution in [0.1, 0.15) is 30.7 Å². The number of rotatable bonds is 5. The summed E-state index contributed by atoms with van der Waals surface area (Å²) in [5.74, 6) is -2.96. The first-order chi connectivity index (χ1) is 14.6. The minimum Gasteiger partial charge on any atom is -0.341 e. The summed E-state index contributed by atoms with van der Waals surface area (Å²) in [5, 5.41) is 0. The summed E-state index contributed by atoms with van der Waals surface area (Å²) in [6, 6.07) is 6.95. The summed E-state index contributed by atoms with van der Waals surface area (Å²) < 4.78 is 68.2. The largest absolute Gasteiger partial charge is 0.341 e. The molecule has 4 rings (SSSR count). The number of hydrogen-bond acceptors (Lipinski definition) is 3. The number of benzene rings is 2. The van der Waals surface area contributed by atoms with Crippen molar-refractivity contribution in [1.29, 1.82) is 0 Å². The Kier molecular flexibility index (Phi) is 5.83. The zero-order valence-corrected chi connectivity index (χ0v) is 17.8. The van der Waals surface area contributed by atoms with Crippen molar-refractivity contribution in [3.63, 3.8) is 0 Å². The zero-order valence-electron chi connectivity index (χ0n) is 16.9. The third-order valence-corrected chi connectivity index (χ3v) is 6.63. The topological polar surface area (TPSA) is 66.5 Å². The van der Waals surface area contributed by atoms with Crippen molar-refractivity contribution in [3.05, 3.63) is 59.4 Å². The van der Waals surface area contributed by atoms with Gasteiger partial charge in [-0.25, -0.2) is 26.3 Å². The number of carbonyl (C=O) groups excluding carboxylic acids is 1. The van der Waals surface area contributed by atoms with Gasteiger partial charge in [0.1, 0.15) is 17.5 Å². The van der Waals surface area contributed by atoms with Crippen molar-refractivity contribution < 1.29 is 26.4 Å². The number of likely N-dealkylation sites (tertiary alicyclic amines) is 1. The molecule has 1 amide bonds. The summed E-state index contributed by atoms with van der Waals surface area (Å²) >= 11 is 0. The van der Waals surface area contributed by atoms with Crippen LogP contribution in [0.25, 0.3) is 11.1 Å². The molecule has 9 heteroatoms. The van der Waals surface area contributed by atoms with Crippen LogP contribution in [-0.4, -0.2) is 44.6 Å². The third-order valence-electron chi connectivity index (χ3n) is 5.87. The summed E-state index contributed by atoms with van der Waals surface area (Å²) in [4.78, 5) is 14.7. The maximum absolute atomic E-state index is 14.4. The second kappa shape index (κ2) is 8.27. The summed E-state index contributed by atoms with van der Waals surface area (Å²) in [6.07, 6.45) is 2.91. The number of hydrogen-bond donors (Lipinski definition) is 1. The summed E-state index contributed by atoms with van der Waals surface area (Å²) in [7, 11) is -3.37. The van der Waals surface area contributed by atoms with Crippen LogP contribution in [0, 0.1) is 23.4 Å². The van der Waals surface area contributed by atoms with E-state index in [0.717, 1.165) is 24.5 Å². The highest BCUT2D eigenvalue weighted by Gasteiger charge is 2.47. The van der Waals surface area contributed by atoms with Crippen molar-refractivity contribution in [2.45, 2.75) is 31.2 Å². The molecule has 2 aromatic carbocycles. The zero-order chi connectivity index (χ0) is 22.3. The Morgan fingerprint density at radius 3 is 2.52 bits per heavy atom. The molecule has 0 aromatic heterocycles. The van der Waals surface area contributed by atoms with Gasteiger partial charge in [-0.15, -0.1) is 0 Å². The van der Waals surface area contributed by atoms with E-state index in [4.69, 9.17) is 0 Å². The fraction of sp³-hybridized carbons (Fsp3) is 0.409. The average molecular weight is 452 g/mol. The molecule has 2 aliphatic rings. The molecule has 1 N–H and O–H groups in total. The molecule has 31 heavy (non-hydrogen) atoms. The molecule has 1 saturated heterocycles. The first-order valence-electron chi connectivity index (χ1n) is 10.1. The Labute approximate surface area is 179 Å². The normalized spacial score (nSPS) is 23.6.